The van der Waals surface area contributed by atoms with E-state index in [2.05, 4.69) is 5.32 Å². The van der Waals surface area contributed by atoms with E-state index < -0.39 is 34.3 Å². The van der Waals surface area contributed by atoms with Crippen LogP contribution in [0.4, 0.5) is 10.1 Å². The van der Waals surface area contributed by atoms with E-state index >= 15 is 0 Å². The number of carbonyl (C=O) groups is 1. The van der Waals surface area contributed by atoms with E-state index in [0.717, 1.165) is 26.6 Å². The molecule has 0 aliphatic heterocycles. The Morgan fingerprint density at radius 3 is 2.08 bits per heavy atom. The van der Waals surface area contributed by atoms with Gasteiger partial charge in [0.2, 0.25) is 5.91 Å². The summed E-state index contributed by atoms with van der Waals surface area (Å²) in [5, 5.41) is 3.02. The van der Waals surface area contributed by atoms with Gasteiger partial charge in [0, 0.05) is 0 Å². The molecule has 0 saturated heterocycles. The van der Waals surface area contributed by atoms with E-state index in [1.54, 1.807) is 12.1 Å². The van der Waals surface area contributed by atoms with Crippen molar-refractivity contribution in [1.82, 2.24) is 5.32 Å². The second-order valence-electron chi connectivity index (χ2n) is 8.57. The fourth-order valence-electron chi connectivity index (χ4n) is 3.99. The summed E-state index contributed by atoms with van der Waals surface area (Å²) in [6.45, 7) is 3.35. The Balaban J connectivity index is 1.69. The van der Waals surface area contributed by atoms with Crippen molar-refractivity contribution in [3.8, 4) is 0 Å². The minimum atomic E-state index is -4.10. The van der Waals surface area contributed by atoms with Crippen LogP contribution in [-0.4, -0.2) is 20.9 Å². The van der Waals surface area contributed by atoms with E-state index in [1.165, 1.54) is 36.4 Å². The van der Waals surface area contributed by atoms with Gasteiger partial charge in [0.15, 0.2) is 0 Å². The van der Waals surface area contributed by atoms with Crippen LogP contribution in [0.2, 0.25) is 0 Å². The van der Waals surface area contributed by atoms with Crippen molar-refractivity contribution in [2.24, 2.45) is 0 Å². The molecule has 1 N–H and O–H groups in total. The summed E-state index contributed by atoms with van der Waals surface area (Å²) in [5.41, 5.74) is 3.87. The van der Waals surface area contributed by atoms with Crippen molar-refractivity contribution in [1.29, 1.82) is 0 Å². The van der Waals surface area contributed by atoms with Crippen LogP contribution in [0.3, 0.4) is 0 Å². The van der Waals surface area contributed by atoms with Crippen LogP contribution in [0.1, 0.15) is 28.3 Å². The first kappa shape index (κ1) is 25.1. The van der Waals surface area contributed by atoms with Gasteiger partial charge in [-0.3, -0.25) is 9.10 Å². The van der Waals surface area contributed by atoms with Gasteiger partial charge in [0.05, 0.1) is 16.6 Å². The van der Waals surface area contributed by atoms with Crippen LogP contribution in [0.15, 0.2) is 108 Å². The Morgan fingerprint density at radius 1 is 0.833 bits per heavy atom. The zero-order chi connectivity index (χ0) is 25.7. The lowest BCUT2D eigenvalue weighted by Crippen LogP contribution is -2.42. The highest BCUT2D eigenvalue weighted by Crippen LogP contribution is 2.27. The summed E-state index contributed by atoms with van der Waals surface area (Å²) >= 11 is 0. The molecule has 0 fully saturated rings. The van der Waals surface area contributed by atoms with Crippen molar-refractivity contribution in [3.63, 3.8) is 0 Å². The van der Waals surface area contributed by atoms with Crippen molar-refractivity contribution in [3.05, 3.63) is 131 Å². The predicted molar refractivity (Wildman–Crippen MR) is 140 cm³/mol. The third kappa shape index (κ3) is 5.63. The zero-order valence-corrected chi connectivity index (χ0v) is 20.9. The first-order valence-electron chi connectivity index (χ1n) is 11.5. The molecule has 0 spiro atoms. The first-order chi connectivity index (χ1) is 17.3. The molecule has 0 aliphatic rings. The quantitative estimate of drug-likeness (QED) is 0.344. The van der Waals surface area contributed by atoms with Gasteiger partial charge in [-0.15, -0.1) is 0 Å². The maximum Gasteiger partial charge on any atom is 0.264 e. The zero-order valence-electron chi connectivity index (χ0n) is 20.1. The fourth-order valence-corrected chi connectivity index (χ4v) is 5.41. The van der Waals surface area contributed by atoms with Crippen LogP contribution >= 0.6 is 0 Å². The number of halogens is 1. The molecule has 0 unspecified atom stereocenters. The highest BCUT2D eigenvalue weighted by Gasteiger charge is 2.28. The number of nitrogens with one attached hydrogen (secondary N) is 1. The summed E-state index contributed by atoms with van der Waals surface area (Å²) in [5.74, 6) is -0.994. The van der Waals surface area contributed by atoms with Crippen LogP contribution in [0.5, 0.6) is 0 Å². The summed E-state index contributed by atoms with van der Waals surface area (Å²) in [7, 11) is -4.10. The molecule has 184 valence electrons. The molecule has 36 heavy (non-hydrogen) atoms. The summed E-state index contributed by atoms with van der Waals surface area (Å²) < 4.78 is 41.8. The lowest BCUT2D eigenvalue weighted by atomic mass is 9.95. The Kier molecular flexibility index (Phi) is 7.50. The molecule has 0 radical (unpaired) electrons. The van der Waals surface area contributed by atoms with E-state index in [1.807, 2.05) is 68.4 Å². The van der Waals surface area contributed by atoms with Crippen molar-refractivity contribution in [2.75, 3.05) is 10.8 Å². The fraction of sp³-hybridized carbons (Fsp3) is 0.138. The summed E-state index contributed by atoms with van der Waals surface area (Å²) in [6.07, 6.45) is 0. The molecular weight excluding hydrogens is 475 g/mol. The van der Waals surface area contributed by atoms with Crippen molar-refractivity contribution >= 4 is 21.6 Å². The molecule has 4 aromatic carbocycles. The van der Waals surface area contributed by atoms with E-state index in [9.17, 15) is 17.6 Å². The minimum absolute atomic E-state index is 0.0451. The molecule has 4 aromatic rings. The smallest absolute Gasteiger partial charge is 0.264 e. The molecule has 5 nitrogen and oxygen atoms in total. The van der Waals surface area contributed by atoms with Crippen LogP contribution < -0.4 is 9.62 Å². The third-order valence-electron chi connectivity index (χ3n) is 5.95. The van der Waals surface area contributed by atoms with Gasteiger partial charge in [-0.2, -0.15) is 0 Å². The number of benzene rings is 4. The molecular formula is C29H27FN2O3S. The molecule has 0 saturated carbocycles. The van der Waals surface area contributed by atoms with Crippen LogP contribution in [0.25, 0.3) is 0 Å². The molecule has 0 bridgehead atoms. The minimum Gasteiger partial charge on any atom is -0.344 e. The van der Waals surface area contributed by atoms with Gasteiger partial charge in [0.1, 0.15) is 12.4 Å². The van der Waals surface area contributed by atoms with Crippen LogP contribution in [0, 0.1) is 19.7 Å². The Labute approximate surface area is 211 Å². The lowest BCUT2D eigenvalue weighted by molar-refractivity contribution is -0.120. The van der Waals surface area contributed by atoms with Gasteiger partial charge in [0.25, 0.3) is 10.0 Å². The summed E-state index contributed by atoms with van der Waals surface area (Å²) in [6, 6.07) is 28.2. The van der Waals surface area contributed by atoms with Gasteiger partial charge in [-0.05, 0) is 66.9 Å². The first-order valence-corrected chi connectivity index (χ1v) is 12.9. The Hall–Kier alpha value is -3.97. The molecule has 1 atom stereocenters. The maximum absolute atomic E-state index is 13.6. The number of amides is 1. The van der Waals surface area contributed by atoms with E-state index in [4.69, 9.17) is 0 Å². The summed E-state index contributed by atoms with van der Waals surface area (Å²) in [4.78, 5) is 13.4. The Morgan fingerprint density at radius 2 is 1.44 bits per heavy atom. The van der Waals surface area contributed by atoms with Gasteiger partial charge >= 0.3 is 0 Å². The second kappa shape index (κ2) is 10.7. The average Bonchev–Trinajstić information content (AvgIpc) is 2.88. The highest BCUT2D eigenvalue weighted by atomic mass is 32.2. The monoisotopic (exact) mass is 502 g/mol. The maximum atomic E-state index is 13.6. The number of carbonyl (C=O) groups excluding carboxylic acids is 1. The normalized spacial score (nSPS) is 12.1. The van der Waals surface area contributed by atoms with Crippen LogP contribution in [-0.2, 0) is 14.8 Å². The number of rotatable bonds is 8. The van der Waals surface area contributed by atoms with Crippen molar-refractivity contribution < 1.29 is 17.6 Å². The largest absolute Gasteiger partial charge is 0.344 e. The molecule has 0 aliphatic carbocycles. The standard InChI is InChI=1S/C29H27FN2O3S/c1-21-12-18-26(19-13-21)36(34,35)32(25-16-14-24(30)15-17-25)20-28(33)31-29(23-9-4-3-5-10-23)27-11-7-6-8-22(27)2/h3-19,29H,20H2,1-2H3,(H,31,33)/t29-/m0/s1. The SMILES string of the molecule is Cc1ccc(S(=O)(=O)N(CC(=O)N[C@@H](c2ccccc2)c2ccccc2C)c2ccc(F)cc2)cc1. The average molecular weight is 503 g/mol. The highest BCUT2D eigenvalue weighted by molar-refractivity contribution is 7.92. The van der Waals surface area contributed by atoms with Gasteiger partial charge in [-0.1, -0.05) is 72.3 Å². The van der Waals surface area contributed by atoms with Crippen molar-refractivity contribution in [2.45, 2.75) is 24.8 Å². The Bertz CT molecular complexity index is 1440. The van der Waals surface area contributed by atoms with E-state index in [-0.39, 0.29) is 10.6 Å². The number of hydrogen-bond donors (Lipinski definition) is 1. The molecule has 4 rings (SSSR count). The lowest BCUT2D eigenvalue weighted by Gasteiger charge is -2.27. The predicted octanol–water partition coefficient (Wildman–Crippen LogP) is 5.54. The second-order valence-corrected chi connectivity index (χ2v) is 10.4. The molecule has 1 amide bonds. The third-order valence-corrected chi connectivity index (χ3v) is 7.74. The van der Waals surface area contributed by atoms with Gasteiger partial charge < -0.3 is 5.32 Å². The number of nitrogens with zero attached hydrogens (tertiary/aromatic N) is 1. The number of anilines is 1. The number of hydrogen-bond acceptors (Lipinski definition) is 3. The molecule has 7 heteroatoms. The number of aryl methyl sites for hydroxylation is 2. The van der Waals surface area contributed by atoms with E-state index in [0.29, 0.717) is 0 Å². The number of sulfonamides is 1. The van der Waals surface area contributed by atoms with Gasteiger partial charge in [-0.25, -0.2) is 12.8 Å². The molecule has 0 heterocycles. The topological polar surface area (TPSA) is 66.5 Å². The molecule has 0 aromatic heterocycles.